The van der Waals surface area contributed by atoms with Crippen LogP contribution in [-0.4, -0.2) is 41.8 Å². The van der Waals surface area contributed by atoms with Gasteiger partial charge in [-0.3, -0.25) is 0 Å². The number of hydrogen-bond donors (Lipinski definition) is 2. The SMILES string of the molecule is CC1(C)CCN(CCC(C)(O)CN)CC1. The molecule has 3 N–H and O–H groups in total. The maximum atomic E-state index is 9.80. The molecule has 0 aromatic rings. The molecule has 1 atom stereocenters. The van der Waals surface area contributed by atoms with Crippen LogP contribution in [0.3, 0.4) is 0 Å². The molecule has 3 heteroatoms. The van der Waals surface area contributed by atoms with E-state index in [1.54, 1.807) is 0 Å². The van der Waals surface area contributed by atoms with Gasteiger partial charge in [-0.2, -0.15) is 0 Å². The summed E-state index contributed by atoms with van der Waals surface area (Å²) in [6, 6.07) is 0. The van der Waals surface area contributed by atoms with Gasteiger partial charge < -0.3 is 15.7 Å². The van der Waals surface area contributed by atoms with Gasteiger partial charge in [-0.1, -0.05) is 13.8 Å². The first-order valence-electron chi connectivity index (χ1n) is 5.99. The first-order chi connectivity index (χ1) is 6.85. The molecule has 1 aliphatic heterocycles. The maximum Gasteiger partial charge on any atom is 0.0753 e. The Morgan fingerprint density at radius 1 is 1.33 bits per heavy atom. The molecule has 0 bridgehead atoms. The summed E-state index contributed by atoms with van der Waals surface area (Å²) in [6.07, 6.45) is 3.31. The minimum atomic E-state index is -0.688. The Kier molecular flexibility index (Phi) is 4.15. The van der Waals surface area contributed by atoms with Crippen molar-refractivity contribution >= 4 is 0 Å². The lowest BCUT2D eigenvalue weighted by Gasteiger charge is -2.38. The number of rotatable bonds is 4. The van der Waals surface area contributed by atoms with Crippen molar-refractivity contribution in [2.45, 2.75) is 45.6 Å². The van der Waals surface area contributed by atoms with Crippen molar-refractivity contribution < 1.29 is 5.11 Å². The molecule has 0 aromatic carbocycles. The summed E-state index contributed by atoms with van der Waals surface area (Å²) in [5, 5.41) is 9.80. The summed E-state index contributed by atoms with van der Waals surface area (Å²) in [4.78, 5) is 2.44. The van der Waals surface area contributed by atoms with Gasteiger partial charge >= 0.3 is 0 Å². The number of aliphatic hydroxyl groups is 1. The molecular formula is C12H26N2O. The van der Waals surface area contributed by atoms with Gasteiger partial charge in [0.25, 0.3) is 0 Å². The Morgan fingerprint density at radius 2 is 1.87 bits per heavy atom. The van der Waals surface area contributed by atoms with Crippen LogP contribution in [0.1, 0.15) is 40.0 Å². The molecule has 0 saturated carbocycles. The van der Waals surface area contributed by atoms with E-state index in [4.69, 9.17) is 5.73 Å². The van der Waals surface area contributed by atoms with Crippen LogP contribution in [0, 0.1) is 5.41 Å². The molecule has 90 valence electrons. The van der Waals surface area contributed by atoms with E-state index in [0.717, 1.165) is 26.1 Å². The fraction of sp³-hybridized carbons (Fsp3) is 1.00. The first kappa shape index (κ1) is 12.9. The van der Waals surface area contributed by atoms with Crippen LogP contribution in [0.5, 0.6) is 0 Å². The highest BCUT2D eigenvalue weighted by Crippen LogP contribution is 2.29. The highest BCUT2D eigenvalue weighted by Gasteiger charge is 2.26. The van der Waals surface area contributed by atoms with Crippen molar-refractivity contribution in [3.05, 3.63) is 0 Å². The second-order valence-electron chi connectivity index (χ2n) is 5.96. The summed E-state index contributed by atoms with van der Waals surface area (Å²) >= 11 is 0. The summed E-state index contributed by atoms with van der Waals surface area (Å²) in [5.74, 6) is 0. The summed E-state index contributed by atoms with van der Waals surface area (Å²) in [6.45, 7) is 10.1. The summed E-state index contributed by atoms with van der Waals surface area (Å²) in [5.41, 5.74) is 5.32. The Morgan fingerprint density at radius 3 is 2.33 bits per heavy atom. The molecule has 1 rings (SSSR count). The summed E-state index contributed by atoms with van der Waals surface area (Å²) < 4.78 is 0. The maximum absolute atomic E-state index is 9.80. The Bertz CT molecular complexity index is 192. The third-order valence-electron chi connectivity index (χ3n) is 3.62. The largest absolute Gasteiger partial charge is 0.389 e. The van der Waals surface area contributed by atoms with E-state index < -0.39 is 5.60 Å². The second kappa shape index (κ2) is 4.81. The fourth-order valence-electron chi connectivity index (χ4n) is 1.88. The molecule has 0 radical (unpaired) electrons. The molecule has 1 saturated heterocycles. The van der Waals surface area contributed by atoms with Crippen LogP contribution >= 0.6 is 0 Å². The van der Waals surface area contributed by atoms with Crippen LogP contribution in [-0.2, 0) is 0 Å². The van der Waals surface area contributed by atoms with Crippen LogP contribution in [0.15, 0.2) is 0 Å². The van der Waals surface area contributed by atoms with E-state index in [2.05, 4.69) is 18.7 Å². The second-order valence-corrected chi connectivity index (χ2v) is 5.96. The standard InChI is InChI=1S/C12H26N2O/c1-11(2)4-7-14(8-5-11)9-6-12(3,15)10-13/h15H,4-10,13H2,1-3H3. The lowest BCUT2D eigenvalue weighted by molar-refractivity contribution is 0.0383. The average Bonchev–Trinajstić information content (AvgIpc) is 2.16. The first-order valence-corrected chi connectivity index (χ1v) is 5.99. The Balaban J connectivity index is 2.25. The van der Waals surface area contributed by atoms with E-state index in [1.807, 2.05) is 6.92 Å². The quantitative estimate of drug-likeness (QED) is 0.739. The lowest BCUT2D eigenvalue weighted by atomic mass is 9.82. The van der Waals surface area contributed by atoms with E-state index in [-0.39, 0.29) is 0 Å². The molecule has 0 spiro atoms. The van der Waals surface area contributed by atoms with Gasteiger partial charge in [-0.15, -0.1) is 0 Å². The van der Waals surface area contributed by atoms with Gasteiger partial charge in [0.05, 0.1) is 5.60 Å². The van der Waals surface area contributed by atoms with E-state index in [0.29, 0.717) is 12.0 Å². The predicted octanol–water partition coefficient (Wildman–Crippen LogP) is 1.21. The molecule has 15 heavy (non-hydrogen) atoms. The van der Waals surface area contributed by atoms with Crippen LogP contribution in [0.4, 0.5) is 0 Å². The van der Waals surface area contributed by atoms with E-state index in [9.17, 15) is 5.11 Å². The van der Waals surface area contributed by atoms with Gasteiger partial charge in [0.2, 0.25) is 0 Å². The Labute approximate surface area is 93.6 Å². The van der Waals surface area contributed by atoms with Crippen molar-refractivity contribution in [2.24, 2.45) is 11.1 Å². The topological polar surface area (TPSA) is 49.5 Å². The number of piperidine rings is 1. The van der Waals surface area contributed by atoms with E-state index >= 15 is 0 Å². The van der Waals surface area contributed by atoms with E-state index in [1.165, 1.54) is 12.8 Å². The average molecular weight is 214 g/mol. The van der Waals surface area contributed by atoms with Crippen molar-refractivity contribution in [3.63, 3.8) is 0 Å². The van der Waals surface area contributed by atoms with Gasteiger partial charge in [-0.05, 0) is 44.7 Å². The normalized spacial score (nSPS) is 26.2. The number of nitrogens with zero attached hydrogens (tertiary/aromatic N) is 1. The van der Waals surface area contributed by atoms with Crippen molar-refractivity contribution in [1.29, 1.82) is 0 Å². The lowest BCUT2D eigenvalue weighted by Crippen LogP contribution is -2.42. The molecule has 3 nitrogen and oxygen atoms in total. The zero-order chi connectivity index (χ0) is 11.5. The zero-order valence-electron chi connectivity index (χ0n) is 10.4. The minimum Gasteiger partial charge on any atom is -0.389 e. The molecule has 1 unspecified atom stereocenters. The smallest absolute Gasteiger partial charge is 0.0753 e. The number of hydrogen-bond acceptors (Lipinski definition) is 3. The van der Waals surface area contributed by atoms with Crippen molar-refractivity contribution in [1.82, 2.24) is 4.90 Å². The third kappa shape index (κ3) is 4.49. The monoisotopic (exact) mass is 214 g/mol. The van der Waals surface area contributed by atoms with Crippen molar-refractivity contribution in [2.75, 3.05) is 26.2 Å². The van der Waals surface area contributed by atoms with Gasteiger partial charge in [0.1, 0.15) is 0 Å². The summed E-state index contributed by atoms with van der Waals surface area (Å²) in [7, 11) is 0. The molecule has 0 aromatic heterocycles. The molecule has 0 amide bonds. The minimum absolute atomic E-state index is 0.354. The molecular weight excluding hydrogens is 188 g/mol. The Hall–Kier alpha value is -0.120. The molecule has 1 fully saturated rings. The molecule has 1 heterocycles. The third-order valence-corrected chi connectivity index (χ3v) is 3.62. The van der Waals surface area contributed by atoms with Gasteiger partial charge in [0.15, 0.2) is 0 Å². The van der Waals surface area contributed by atoms with Crippen LogP contribution in [0.25, 0.3) is 0 Å². The fourth-order valence-corrected chi connectivity index (χ4v) is 1.88. The van der Waals surface area contributed by atoms with Crippen LogP contribution in [0.2, 0.25) is 0 Å². The zero-order valence-corrected chi connectivity index (χ0v) is 10.4. The van der Waals surface area contributed by atoms with Gasteiger partial charge in [0, 0.05) is 13.1 Å². The highest BCUT2D eigenvalue weighted by atomic mass is 16.3. The van der Waals surface area contributed by atoms with Crippen LogP contribution < -0.4 is 5.73 Å². The number of nitrogens with two attached hydrogens (primary N) is 1. The molecule has 1 aliphatic rings. The van der Waals surface area contributed by atoms with Crippen molar-refractivity contribution in [3.8, 4) is 0 Å². The highest BCUT2D eigenvalue weighted by molar-refractivity contribution is 4.81. The predicted molar refractivity (Wildman–Crippen MR) is 63.8 cm³/mol. The molecule has 0 aliphatic carbocycles. The van der Waals surface area contributed by atoms with Gasteiger partial charge in [-0.25, -0.2) is 0 Å². The number of likely N-dealkylation sites (tertiary alicyclic amines) is 1.